The van der Waals surface area contributed by atoms with Crippen LogP contribution in [0, 0.1) is 5.92 Å². The van der Waals surface area contributed by atoms with Crippen molar-refractivity contribution >= 4 is 23.7 Å². The molecule has 9 N–H and O–H groups in total. The van der Waals surface area contributed by atoms with E-state index in [1.165, 1.54) is 19.4 Å². The molecule has 5 unspecified atom stereocenters. The summed E-state index contributed by atoms with van der Waals surface area (Å²) < 4.78 is 0. The fourth-order valence-electron chi connectivity index (χ4n) is 2.74. The zero-order chi connectivity index (χ0) is 24.4. The van der Waals surface area contributed by atoms with Crippen molar-refractivity contribution in [3.63, 3.8) is 0 Å². The predicted molar refractivity (Wildman–Crippen MR) is 112 cm³/mol. The second kappa shape index (κ2) is 12.7. The zero-order valence-corrected chi connectivity index (χ0v) is 18.2. The first-order valence-electron chi connectivity index (χ1n) is 10.1. The molecule has 0 saturated carbocycles. The van der Waals surface area contributed by atoms with Crippen molar-refractivity contribution in [3.8, 4) is 0 Å². The number of carbonyl (C=O) groups is 4. The van der Waals surface area contributed by atoms with Gasteiger partial charge in [0.15, 0.2) is 0 Å². The van der Waals surface area contributed by atoms with Crippen LogP contribution in [-0.4, -0.2) is 85.9 Å². The molecule has 13 nitrogen and oxygen atoms in total. The molecule has 0 fully saturated rings. The molecule has 0 radical (unpaired) electrons. The lowest BCUT2D eigenvalue weighted by molar-refractivity contribution is -0.142. The number of aromatic nitrogens is 2. The lowest BCUT2D eigenvalue weighted by atomic mass is 10.0. The van der Waals surface area contributed by atoms with E-state index in [9.17, 15) is 34.5 Å². The number of amides is 3. The largest absolute Gasteiger partial charge is 0.480 e. The number of imidazole rings is 1. The second-order valence-electron chi connectivity index (χ2n) is 7.88. The number of aliphatic carboxylic acids is 1. The molecule has 1 aromatic heterocycles. The topological polar surface area (TPSA) is 220 Å². The molecule has 1 aromatic rings. The van der Waals surface area contributed by atoms with E-state index in [0.29, 0.717) is 5.69 Å². The summed E-state index contributed by atoms with van der Waals surface area (Å²) in [7, 11) is 0. The van der Waals surface area contributed by atoms with Crippen molar-refractivity contribution in [2.24, 2.45) is 11.7 Å². The number of carboxylic acid groups (broad SMARTS) is 1. The molecular weight excluding hydrogens is 424 g/mol. The molecule has 3 amide bonds. The van der Waals surface area contributed by atoms with Gasteiger partial charge in [0.25, 0.3) is 0 Å². The van der Waals surface area contributed by atoms with Crippen molar-refractivity contribution in [1.82, 2.24) is 25.9 Å². The molecular formula is C19H32N6O7. The second-order valence-corrected chi connectivity index (χ2v) is 7.88. The van der Waals surface area contributed by atoms with Gasteiger partial charge in [0, 0.05) is 18.3 Å². The van der Waals surface area contributed by atoms with Crippen LogP contribution in [0.4, 0.5) is 0 Å². The highest BCUT2D eigenvalue weighted by molar-refractivity contribution is 5.94. The Kier molecular flexibility index (Phi) is 10.7. The van der Waals surface area contributed by atoms with Gasteiger partial charge in [-0.05, 0) is 19.3 Å². The Bertz CT molecular complexity index is 768. The SMILES string of the molecule is CC(C)CC(NC(=O)C(CO)NC(=O)C(N)C(C)O)C(=O)NC(Cc1cnc[nH]1)C(=O)O. The minimum Gasteiger partial charge on any atom is -0.480 e. The molecule has 0 spiro atoms. The summed E-state index contributed by atoms with van der Waals surface area (Å²) in [5.41, 5.74) is 6.01. The van der Waals surface area contributed by atoms with Crippen molar-refractivity contribution in [3.05, 3.63) is 18.2 Å². The van der Waals surface area contributed by atoms with Crippen LogP contribution in [0.1, 0.15) is 32.9 Å². The Morgan fingerprint density at radius 3 is 2.06 bits per heavy atom. The van der Waals surface area contributed by atoms with Gasteiger partial charge in [-0.2, -0.15) is 0 Å². The number of rotatable bonds is 13. The molecule has 180 valence electrons. The molecule has 32 heavy (non-hydrogen) atoms. The maximum Gasteiger partial charge on any atom is 0.326 e. The number of aliphatic hydroxyl groups is 2. The summed E-state index contributed by atoms with van der Waals surface area (Å²) in [5.74, 6) is -3.77. The Balaban J connectivity index is 2.88. The summed E-state index contributed by atoms with van der Waals surface area (Å²) in [4.78, 5) is 55.5. The molecule has 0 bridgehead atoms. The van der Waals surface area contributed by atoms with Gasteiger partial charge in [0.2, 0.25) is 17.7 Å². The number of H-pyrrole nitrogens is 1. The molecule has 13 heteroatoms. The number of hydrogen-bond acceptors (Lipinski definition) is 8. The van der Waals surface area contributed by atoms with Crippen LogP contribution in [-0.2, 0) is 25.6 Å². The number of nitrogens with zero attached hydrogens (tertiary/aromatic N) is 1. The summed E-state index contributed by atoms with van der Waals surface area (Å²) >= 11 is 0. The van der Waals surface area contributed by atoms with Crippen molar-refractivity contribution in [2.75, 3.05) is 6.61 Å². The third kappa shape index (κ3) is 8.61. The van der Waals surface area contributed by atoms with Crippen LogP contribution < -0.4 is 21.7 Å². The van der Waals surface area contributed by atoms with Crippen LogP contribution >= 0.6 is 0 Å². The lowest BCUT2D eigenvalue weighted by Crippen LogP contribution is -2.59. The molecule has 0 saturated heterocycles. The Hall–Kier alpha value is -3.03. The van der Waals surface area contributed by atoms with Gasteiger partial charge >= 0.3 is 5.97 Å². The standard InChI is InChI=1S/C19H32N6O7/c1-9(2)4-12(16(28)24-13(19(31)32)5-11-6-21-8-22-11)23-17(29)14(7-26)25-18(30)15(20)10(3)27/h6,8-10,12-15,26-27H,4-5,7,20H2,1-3H3,(H,21,22)(H,23,29)(H,24,28)(H,25,30)(H,31,32). The van der Waals surface area contributed by atoms with Gasteiger partial charge in [0.1, 0.15) is 24.2 Å². The van der Waals surface area contributed by atoms with E-state index < -0.39 is 60.6 Å². The smallest absolute Gasteiger partial charge is 0.326 e. The number of hydrogen-bond donors (Lipinski definition) is 8. The number of aliphatic hydroxyl groups excluding tert-OH is 2. The minimum atomic E-state index is -1.42. The van der Waals surface area contributed by atoms with Crippen molar-refractivity contribution in [2.45, 2.75) is 63.9 Å². The fraction of sp³-hybridized carbons (Fsp3) is 0.632. The normalized spacial score (nSPS) is 15.8. The van der Waals surface area contributed by atoms with Crippen LogP contribution in [0.3, 0.4) is 0 Å². The predicted octanol–water partition coefficient (Wildman–Crippen LogP) is -2.76. The average Bonchev–Trinajstić information content (AvgIpc) is 3.22. The molecule has 1 heterocycles. The van der Waals surface area contributed by atoms with E-state index in [0.717, 1.165) is 0 Å². The highest BCUT2D eigenvalue weighted by Gasteiger charge is 2.31. The fourth-order valence-corrected chi connectivity index (χ4v) is 2.74. The molecule has 0 aliphatic heterocycles. The van der Waals surface area contributed by atoms with Crippen molar-refractivity contribution in [1.29, 1.82) is 0 Å². The van der Waals surface area contributed by atoms with Crippen LogP contribution in [0.5, 0.6) is 0 Å². The first-order chi connectivity index (χ1) is 15.0. The first-order valence-corrected chi connectivity index (χ1v) is 10.1. The maximum atomic E-state index is 12.8. The quantitative estimate of drug-likeness (QED) is 0.154. The van der Waals surface area contributed by atoms with Crippen LogP contribution in [0.25, 0.3) is 0 Å². The molecule has 0 aromatic carbocycles. The van der Waals surface area contributed by atoms with Gasteiger partial charge in [-0.3, -0.25) is 14.4 Å². The number of aromatic amines is 1. The molecule has 0 aliphatic rings. The van der Waals surface area contributed by atoms with Crippen LogP contribution in [0.15, 0.2) is 12.5 Å². The van der Waals surface area contributed by atoms with Crippen molar-refractivity contribution < 1.29 is 34.5 Å². The summed E-state index contributed by atoms with van der Waals surface area (Å²) in [5, 5.41) is 35.4. The van der Waals surface area contributed by atoms with E-state index in [1.807, 2.05) is 0 Å². The first kappa shape index (κ1) is 27.0. The number of nitrogens with one attached hydrogen (secondary N) is 4. The molecule has 5 atom stereocenters. The molecule has 1 rings (SSSR count). The van der Waals surface area contributed by atoms with E-state index in [2.05, 4.69) is 25.9 Å². The Morgan fingerprint density at radius 2 is 1.59 bits per heavy atom. The summed E-state index contributed by atoms with van der Waals surface area (Å²) in [6.07, 6.45) is 1.76. The van der Waals surface area contributed by atoms with E-state index in [4.69, 9.17) is 5.73 Å². The summed E-state index contributed by atoms with van der Waals surface area (Å²) in [6.45, 7) is 4.12. The van der Waals surface area contributed by atoms with Gasteiger partial charge in [-0.1, -0.05) is 13.8 Å². The average molecular weight is 457 g/mol. The van der Waals surface area contributed by atoms with Gasteiger partial charge in [-0.15, -0.1) is 0 Å². The Labute approximate surface area is 185 Å². The highest BCUT2D eigenvalue weighted by Crippen LogP contribution is 2.07. The van der Waals surface area contributed by atoms with Gasteiger partial charge in [0.05, 0.1) is 19.0 Å². The van der Waals surface area contributed by atoms with Crippen LogP contribution in [0.2, 0.25) is 0 Å². The van der Waals surface area contributed by atoms with Gasteiger partial charge in [-0.25, -0.2) is 9.78 Å². The summed E-state index contributed by atoms with van der Waals surface area (Å²) in [6, 6.07) is -5.13. The maximum absolute atomic E-state index is 12.8. The van der Waals surface area contributed by atoms with E-state index in [-0.39, 0.29) is 18.8 Å². The highest BCUT2D eigenvalue weighted by atomic mass is 16.4. The third-order valence-corrected chi connectivity index (χ3v) is 4.57. The minimum absolute atomic E-state index is 0.0457. The van der Waals surface area contributed by atoms with Gasteiger partial charge < -0.3 is 42.0 Å². The monoisotopic (exact) mass is 456 g/mol. The number of carboxylic acids is 1. The Morgan fingerprint density at radius 1 is 1.03 bits per heavy atom. The van der Waals surface area contributed by atoms with E-state index in [1.54, 1.807) is 13.8 Å². The number of nitrogens with two attached hydrogens (primary N) is 1. The zero-order valence-electron chi connectivity index (χ0n) is 18.2. The lowest BCUT2D eigenvalue weighted by Gasteiger charge is -2.25. The third-order valence-electron chi connectivity index (χ3n) is 4.57. The number of carbonyl (C=O) groups excluding carboxylic acids is 3. The van der Waals surface area contributed by atoms with E-state index >= 15 is 0 Å². The molecule has 0 aliphatic carbocycles.